The van der Waals surface area contributed by atoms with E-state index in [1.54, 1.807) is 5.57 Å². The Morgan fingerprint density at radius 2 is 1.88 bits per heavy atom. The van der Waals surface area contributed by atoms with E-state index in [0.29, 0.717) is 0 Å². The summed E-state index contributed by atoms with van der Waals surface area (Å²) in [6.07, 6.45) is 10.4. The van der Waals surface area contributed by atoms with Gasteiger partial charge in [-0.25, -0.2) is 0 Å². The fraction of sp³-hybridized carbons (Fsp3) is 0.250. The van der Waals surface area contributed by atoms with Crippen molar-refractivity contribution in [3.63, 3.8) is 0 Å². The Bertz CT molecular complexity index is 513. The maximum absolute atomic E-state index is 2.37. The van der Waals surface area contributed by atoms with Crippen LogP contribution in [0.3, 0.4) is 0 Å². The molecule has 0 N–H and O–H groups in total. The highest BCUT2D eigenvalue weighted by Crippen LogP contribution is 2.34. The number of hydrogen-bond donors (Lipinski definition) is 0. The Balaban J connectivity index is 2.04. The SMILES string of the molecule is CCC1=CC=C2Cc3ccccc3C=C2C1. The van der Waals surface area contributed by atoms with Gasteiger partial charge in [0.25, 0.3) is 0 Å². The van der Waals surface area contributed by atoms with Crippen LogP contribution in [0.25, 0.3) is 6.08 Å². The summed E-state index contributed by atoms with van der Waals surface area (Å²) >= 11 is 0. The topological polar surface area (TPSA) is 0 Å². The van der Waals surface area contributed by atoms with Crippen molar-refractivity contribution >= 4 is 6.08 Å². The number of fused-ring (bicyclic) bond motifs is 2. The standard InChI is InChI=1S/C16H16/c1-2-12-7-8-15-10-13-5-3-4-6-14(13)11-16(15)9-12/h3-8,11H,2,9-10H2,1H3. The highest BCUT2D eigenvalue weighted by Gasteiger charge is 2.17. The zero-order chi connectivity index (χ0) is 11.0. The molecule has 2 aliphatic rings. The molecule has 0 saturated heterocycles. The lowest BCUT2D eigenvalue weighted by Gasteiger charge is -2.23. The normalized spacial score (nSPS) is 17.9. The van der Waals surface area contributed by atoms with Gasteiger partial charge in [-0.05, 0) is 41.5 Å². The fourth-order valence-corrected chi connectivity index (χ4v) is 2.53. The highest BCUT2D eigenvalue weighted by atomic mass is 14.2. The molecule has 0 saturated carbocycles. The Hall–Kier alpha value is -1.56. The molecular formula is C16H16. The molecule has 0 unspecified atom stereocenters. The molecule has 0 fully saturated rings. The summed E-state index contributed by atoms with van der Waals surface area (Å²) in [4.78, 5) is 0. The lowest BCUT2D eigenvalue weighted by atomic mass is 9.82. The van der Waals surface area contributed by atoms with Crippen LogP contribution in [0.15, 0.2) is 53.1 Å². The van der Waals surface area contributed by atoms with Gasteiger partial charge >= 0.3 is 0 Å². The molecule has 0 radical (unpaired) electrons. The van der Waals surface area contributed by atoms with Crippen molar-refractivity contribution in [3.8, 4) is 0 Å². The molecule has 0 aromatic heterocycles. The summed E-state index contributed by atoms with van der Waals surface area (Å²) in [5.41, 5.74) is 7.46. The van der Waals surface area contributed by atoms with E-state index in [0.717, 1.165) is 12.8 Å². The van der Waals surface area contributed by atoms with Gasteiger partial charge in [0.1, 0.15) is 0 Å². The van der Waals surface area contributed by atoms with E-state index in [9.17, 15) is 0 Å². The van der Waals surface area contributed by atoms with E-state index >= 15 is 0 Å². The van der Waals surface area contributed by atoms with Crippen LogP contribution in [0.1, 0.15) is 30.9 Å². The molecule has 2 aliphatic carbocycles. The van der Waals surface area contributed by atoms with Gasteiger partial charge in [-0.2, -0.15) is 0 Å². The van der Waals surface area contributed by atoms with Gasteiger partial charge in [0.05, 0.1) is 0 Å². The second-order valence-corrected chi connectivity index (χ2v) is 4.59. The van der Waals surface area contributed by atoms with Gasteiger partial charge in [0.15, 0.2) is 0 Å². The molecule has 0 heteroatoms. The maximum atomic E-state index is 2.37. The first kappa shape index (κ1) is 9.65. The number of benzene rings is 1. The van der Waals surface area contributed by atoms with Gasteiger partial charge in [-0.3, -0.25) is 0 Å². The molecule has 0 heterocycles. The zero-order valence-electron chi connectivity index (χ0n) is 9.66. The predicted molar refractivity (Wildman–Crippen MR) is 69.2 cm³/mol. The minimum atomic E-state index is 1.11. The van der Waals surface area contributed by atoms with Gasteiger partial charge in [-0.1, -0.05) is 55.0 Å². The van der Waals surface area contributed by atoms with Crippen molar-refractivity contribution in [2.45, 2.75) is 26.2 Å². The van der Waals surface area contributed by atoms with Crippen molar-refractivity contribution < 1.29 is 0 Å². The second-order valence-electron chi connectivity index (χ2n) is 4.59. The predicted octanol–water partition coefficient (Wildman–Crippen LogP) is 4.29. The van der Waals surface area contributed by atoms with Crippen molar-refractivity contribution in [1.29, 1.82) is 0 Å². The summed E-state index contributed by atoms with van der Waals surface area (Å²) < 4.78 is 0. The number of allylic oxidation sites excluding steroid dienone is 5. The highest BCUT2D eigenvalue weighted by molar-refractivity contribution is 5.68. The molecule has 80 valence electrons. The van der Waals surface area contributed by atoms with Crippen LogP contribution in [0.5, 0.6) is 0 Å². The van der Waals surface area contributed by atoms with Crippen LogP contribution < -0.4 is 0 Å². The summed E-state index contributed by atoms with van der Waals surface area (Å²) in [6.45, 7) is 2.24. The summed E-state index contributed by atoms with van der Waals surface area (Å²) in [5.74, 6) is 0. The minimum Gasteiger partial charge on any atom is -0.0661 e. The summed E-state index contributed by atoms with van der Waals surface area (Å²) in [6, 6.07) is 8.73. The van der Waals surface area contributed by atoms with E-state index in [4.69, 9.17) is 0 Å². The molecule has 1 aromatic rings. The summed E-state index contributed by atoms with van der Waals surface area (Å²) in [7, 11) is 0. The van der Waals surface area contributed by atoms with Crippen LogP contribution in [0.2, 0.25) is 0 Å². The van der Waals surface area contributed by atoms with Crippen LogP contribution in [0.4, 0.5) is 0 Å². The van der Waals surface area contributed by atoms with Gasteiger partial charge in [0.2, 0.25) is 0 Å². The van der Waals surface area contributed by atoms with E-state index in [2.05, 4.69) is 49.4 Å². The third-order valence-corrected chi connectivity index (χ3v) is 3.57. The van der Waals surface area contributed by atoms with Gasteiger partial charge in [0, 0.05) is 0 Å². The smallest absolute Gasteiger partial charge is 0.00170 e. The van der Waals surface area contributed by atoms with Crippen LogP contribution in [-0.4, -0.2) is 0 Å². The summed E-state index contributed by atoms with van der Waals surface area (Å²) in [5, 5.41) is 0. The Labute approximate surface area is 97.0 Å². The number of hydrogen-bond acceptors (Lipinski definition) is 0. The maximum Gasteiger partial charge on any atom is -0.00170 e. The lowest BCUT2D eigenvalue weighted by Crippen LogP contribution is -2.06. The molecule has 0 aliphatic heterocycles. The van der Waals surface area contributed by atoms with Crippen molar-refractivity contribution in [3.05, 3.63) is 64.3 Å². The van der Waals surface area contributed by atoms with Crippen molar-refractivity contribution in [1.82, 2.24) is 0 Å². The Morgan fingerprint density at radius 1 is 1.00 bits per heavy atom. The van der Waals surface area contributed by atoms with Crippen LogP contribution >= 0.6 is 0 Å². The first-order valence-corrected chi connectivity index (χ1v) is 6.04. The third-order valence-electron chi connectivity index (χ3n) is 3.57. The molecule has 16 heavy (non-hydrogen) atoms. The fourth-order valence-electron chi connectivity index (χ4n) is 2.53. The largest absolute Gasteiger partial charge is 0.0661 e. The lowest BCUT2D eigenvalue weighted by molar-refractivity contribution is 0.956. The molecule has 0 atom stereocenters. The molecule has 0 spiro atoms. The van der Waals surface area contributed by atoms with Crippen molar-refractivity contribution in [2.24, 2.45) is 0 Å². The van der Waals surface area contributed by atoms with E-state index in [1.807, 2.05) is 0 Å². The molecule has 3 rings (SSSR count). The van der Waals surface area contributed by atoms with Crippen molar-refractivity contribution in [2.75, 3.05) is 0 Å². The van der Waals surface area contributed by atoms with E-state index in [-0.39, 0.29) is 0 Å². The van der Waals surface area contributed by atoms with Crippen LogP contribution in [-0.2, 0) is 6.42 Å². The number of rotatable bonds is 1. The molecule has 0 bridgehead atoms. The Morgan fingerprint density at radius 3 is 2.75 bits per heavy atom. The second kappa shape index (κ2) is 3.79. The first-order valence-electron chi connectivity index (χ1n) is 6.04. The molecular weight excluding hydrogens is 192 g/mol. The molecule has 0 amide bonds. The van der Waals surface area contributed by atoms with E-state index < -0.39 is 0 Å². The monoisotopic (exact) mass is 208 g/mol. The molecule has 0 nitrogen and oxygen atoms in total. The minimum absolute atomic E-state index is 1.11. The first-order chi connectivity index (χ1) is 7.86. The molecule has 1 aromatic carbocycles. The van der Waals surface area contributed by atoms with Gasteiger partial charge in [-0.15, -0.1) is 0 Å². The zero-order valence-corrected chi connectivity index (χ0v) is 9.66. The quantitative estimate of drug-likeness (QED) is 0.645. The van der Waals surface area contributed by atoms with Gasteiger partial charge < -0.3 is 0 Å². The average molecular weight is 208 g/mol. The third kappa shape index (κ3) is 1.55. The average Bonchev–Trinajstić information content (AvgIpc) is 2.35. The van der Waals surface area contributed by atoms with E-state index in [1.165, 1.54) is 28.7 Å². The van der Waals surface area contributed by atoms with Crippen LogP contribution in [0, 0.1) is 0 Å². The Kier molecular flexibility index (Phi) is 2.28.